The van der Waals surface area contributed by atoms with E-state index in [2.05, 4.69) is 20.8 Å². The maximum atomic E-state index is 12.4. The second kappa shape index (κ2) is 8.38. The molecule has 0 spiro atoms. The molecule has 10 heteroatoms. The first-order chi connectivity index (χ1) is 13.9. The minimum absolute atomic E-state index is 0.222. The number of carbonyl (C=O) groups excluding carboxylic acids is 2. The van der Waals surface area contributed by atoms with Gasteiger partial charge in [-0.3, -0.25) is 19.0 Å². The molecule has 0 fully saturated rings. The number of aromatic nitrogens is 4. The largest absolute Gasteiger partial charge is 0.480 e. The number of anilines is 2. The van der Waals surface area contributed by atoms with E-state index in [0.29, 0.717) is 23.6 Å². The summed E-state index contributed by atoms with van der Waals surface area (Å²) in [5.74, 6) is -1.80. The van der Waals surface area contributed by atoms with E-state index < -0.39 is 17.9 Å². The molecule has 1 aromatic carbocycles. The number of benzene rings is 1. The second-order valence-corrected chi connectivity index (χ2v) is 6.24. The molecule has 0 saturated heterocycles. The third-order valence-electron chi connectivity index (χ3n) is 4.24. The molecule has 2 amide bonds. The fraction of sp³-hybridized carbons (Fsp3) is 0.211. The Kier molecular flexibility index (Phi) is 5.72. The van der Waals surface area contributed by atoms with Gasteiger partial charge in [0.15, 0.2) is 0 Å². The summed E-state index contributed by atoms with van der Waals surface area (Å²) in [6, 6.07) is 7.43. The first-order valence-corrected chi connectivity index (χ1v) is 8.90. The highest BCUT2D eigenvalue weighted by Crippen LogP contribution is 2.17. The lowest BCUT2D eigenvalue weighted by Gasteiger charge is -2.09. The van der Waals surface area contributed by atoms with E-state index in [0.717, 1.165) is 0 Å². The Hall–Kier alpha value is -3.95. The van der Waals surface area contributed by atoms with Crippen molar-refractivity contribution in [3.05, 3.63) is 60.2 Å². The smallest absolute Gasteiger partial charge is 0.328 e. The summed E-state index contributed by atoms with van der Waals surface area (Å²) < 4.78 is 2.78. The molecule has 0 aliphatic heterocycles. The summed E-state index contributed by atoms with van der Waals surface area (Å²) in [7, 11) is 0. The molecule has 2 heterocycles. The van der Waals surface area contributed by atoms with Gasteiger partial charge in [0.1, 0.15) is 11.7 Å². The van der Waals surface area contributed by atoms with Crippen LogP contribution in [-0.2, 0) is 11.3 Å². The quantitative estimate of drug-likeness (QED) is 0.561. The van der Waals surface area contributed by atoms with Gasteiger partial charge in [0.05, 0.1) is 11.8 Å². The van der Waals surface area contributed by atoms with E-state index in [1.807, 2.05) is 6.92 Å². The Labute approximate surface area is 166 Å². The zero-order valence-corrected chi connectivity index (χ0v) is 15.9. The second-order valence-electron chi connectivity index (χ2n) is 6.24. The van der Waals surface area contributed by atoms with E-state index >= 15 is 0 Å². The first kappa shape index (κ1) is 19.8. The van der Waals surface area contributed by atoms with Gasteiger partial charge >= 0.3 is 5.97 Å². The molecule has 29 heavy (non-hydrogen) atoms. The molecule has 0 saturated carbocycles. The molecule has 10 nitrogen and oxygen atoms in total. The molecule has 0 aliphatic carbocycles. The molecule has 150 valence electrons. The van der Waals surface area contributed by atoms with Crippen molar-refractivity contribution < 1.29 is 19.5 Å². The van der Waals surface area contributed by atoms with E-state index in [9.17, 15) is 14.4 Å². The Morgan fingerprint density at radius 1 is 1.10 bits per heavy atom. The van der Waals surface area contributed by atoms with Crippen LogP contribution >= 0.6 is 0 Å². The molecule has 1 atom stereocenters. The fourth-order valence-electron chi connectivity index (χ4n) is 2.63. The standard InChI is InChI=1S/C19H20N6O4/c1-3-24-16(7-8-20-24)18(27)23-15-6-4-5-14(9-15)22-17(26)13-10-21-25(11-13)12(2)19(28)29/h4-12H,3H2,1-2H3,(H,22,26)(H,23,27)(H,28,29). The van der Waals surface area contributed by atoms with E-state index in [1.54, 1.807) is 41.2 Å². The molecule has 2 aromatic heterocycles. The Balaban J connectivity index is 1.69. The SMILES string of the molecule is CCn1nccc1C(=O)Nc1cccc(NC(=O)c2cnn(C(C)C(=O)O)c2)c1. The van der Waals surface area contributed by atoms with Gasteiger partial charge in [0.25, 0.3) is 11.8 Å². The maximum Gasteiger partial charge on any atom is 0.328 e. The summed E-state index contributed by atoms with van der Waals surface area (Å²) in [6.07, 6.45) is 4.22. The highest BCUT2D eigenvalue weighted by molar-refractivity contribution is 6.05. The van der Waals surface area contributed by atoms with Crippen LogP contribution in [0.25, 0.3) is 0 Å². The van der Waals surface area contributed by atoms with E-state index in [1.165, 1.54) is 24.0 Å². The number of carbonyl (C=O) groups is 3. The molecule has 3 rings (SSSR count). The van der Waals surface area contributed by atoms with Crippen molar-refractivity contribution in [3.8, 4) is 0 Å². The third-order valence-corrected chi connectivity index (χ3v) is 4.24. The predicted molar refractivity (Wildman–Crippen MR) is 105 cm³/mol. The van der Waals surface area contributed by atoms with Gasteiger partial charge in [-0.15, -0.1) is 0 Å². The van der Waals surface area contributed by atoms with Crippen LogP contribution in [0.1, 0.15) is 40.7 Å². The lowest BCUT2D eigenvalue weighted by atomic mass is 10.2. The number of aliphatic carboxylic acids is 1. The first-order valence-electron chi connectivity index (χ1n) is 8.90. The van der Waals surface area contributed by atoms with Crippen LogP contribution in [0.4, 0.5) is 11.4 Å². The van der Waals surface area contributed by atoms with Crippen LogP contribution in [0.5, 0.6) is 0 Å². The van der Waals surface area contributed by atoms with Crippen molar-refractivity contribution in [2.75, 3.05) is 10.6 Å². The summed E-state index contributed by atoms with van der Waals surface area (Å²) in [5.41, 5.74) is 1.63. The number of hydrogen-bond donors (Lipinski definition) is 3. The highest BCUT2D eigenvalue weighted by Gasteiger charge is 2.17. The monoisotopic (exact) mass is 396 g/mol. The van der Waals surface area contributed by atoms with Crippen molar-refractivity contribution in [2.45, 2.75) is 26.4 Å². The molecule has 3 aromatic rings. The molecule has 1 unspecified atom stereocenters. The van der Waals surface area contributed by atoms with Crippen LogP contribution in [0.15, 0.2) is 48.9 Å². The van der Waals surface area contributed by atoms with Crippen molar-refractivity contribution in [3.63, 3.8) is 0 Å². The molecule has 3 N–H and O–H groups in total. The van der Waals surface area contributed by atoms with Gasteiger partial charge < -0.3 is 15.7 Å². The Morgan fingerprint density at radius 3 is 2.45 bits per heavy atom. The van der Waals surface area contributed by atoms with Gasteiger partial charge in [-0.2, -0.15) is 10.2 Å². The summed E-state index contributed by atoms with van der Waals surface area (Å²) in [6.45, 7) is 3.92. The predicted octanol–water partition coefficient (Wildman–Crippen LogP) is 2.25. The van der Waals surface area contributed by atoms with Crippen LogP contribution in [0.2, 0.25) is 0 Å². The average Bonchev–Trinajstić information content (AvgIpc) is 3.37. The van der Waals surface area contributed by atoms with Gasteiger partial charge in [0, 0.05) is 30.3 Å². The van der Waals surface area contributed by atoms with Crippen molar-refractivity contribution >= 4 is 29.2 Å². The van der Waals surface area contributed by atoms with Crippen LogP contribution in [-0.4, -0.2) is 42.5 Å². The van der Waals surface area contributed by atoms with Crippen molar-refractivity contribution in [1.82, 2.24) is 19.6 Å². The average molecular weight is 396 g/mol. The Bertz CT molecular complexity index is 1050. The van der Waals surface area contributed by atoms with Crippen molar-refractivity contribution in [1.29, 1.82) is 0 Å². The summed E-state index contributed by atoms with van der Waals surface area (Å²) in [5, 5.41) is 22.5. The summed E-state index contributed by atoms with van der Waals surface area (Å²) in [4.78, 5) is 35.8. The van der Waals surface area contributed by atoms with E-state index in [-0.39, 0.29) is 11.5 Å². The Morgan fingerprint density at radius 2 is 1.79 bits per heavy atom. The van der Waals surface area contributed by atoms with Crippen LogP contribution < -0.4 is 10.6 Å². The minimum atomic E-state index is -1.05. The number of carboxylic acid groups (broad SMARTS) is 1. The highest BCUT2D eigenvalue weighted by atomic mass is 16.4. The van der Waals surface area contributed by atoms with Gasteiger partial charge in [-0.1, -0.05) is 6.07 Å². The fourth-order valence-corrected chi connectivity index (χ4v) is 2.63. The normalized spacial score (nSPS) is 11.7. The zero-order valence-electron chi connectivity index (χ0n) is 15.9. The lowest BCUT2D eigenvalue weighted by molar-refractivity contribution is -0.140. The topological polar surface area (TPSA) is 131 Å². The lowest BCUT2D eigenvalue weighted by Crippen LogP contribution is -2.18. The molecular weight excluding hydrogens is 376 g/mol. The molecule has 0 aliphatic rings. The van der Waals surface area contributed by atoms with E-state index in [4.69, 9.17) is 5.11 Å². The molecule has 0 bridgehead atoms. The maximum absolute atomic E-state index is 12.4. The van der Waals surface area contributed by atoms with Gasteiger partial charge in [0.2, 0.25) is 0 Å². The summed E-state index contributed by atoms with van der Waals surface area (Å²) >= 11 is 0. The third kappa shape index (κ3) is 4.49. The number of amides is 2. The molecular formula is C19H20N6O4. The number of hydrogen-bond acceptors (Lipinski definition) is 5. The number of nitrogens with zero attached hydrogens (tertiary/aromatic N) is 4. The van der Waals surface area contributed by atoms with Crippen molar-refractivity contribution in [2.24, 2.45) is 0 Å². The number of aryl methyl sites for hydroxylation is 1. The van der Waals surface area contributed by atoms with Gasteiger partial charge in [-0.05, 0) is 38.1 Å². The molecule has 0 radical (unpaired) electrons. The van der Waals surface area contributed by atoms with Crippen LogP contribution in [0.3, 0.4) is 0 Å². The number of carboxylic acids is 1. The van der Waals surface area contributed by atoms with Gasteiger partial charge in [-0.25, -0.2) is 4.79 Å². The zero-order chi connectivity index (χ0) is 21.0. The minimum Gasteiger partial charge on any atom is -0.480 e. The number of nitrogens with one attached hydrogen (secondary N) is 2. The number of rotatable bonds is 7. The van der Waals surface area contributed by atoms with Crippen LogP contribution in [0, 0.1) is 0 Å².